The van der Waals surface area contributed by atoms with Gasteiger partial charge in [-0.15, -0.1) is 0 Å². The number of methoxy groups -OCH3 is 2. The Labute approximate surface area is 171 Å². The van der Waals surface area contributed by atoms with Gasteiger partial charge in [0.25, 0.3) is 5.91 Å². The second kappa shape index (κ2) is 9.15. The standard InChI is InChI=1S/C24H25NO4/c1-25(16-19-10-11-20(28-2)15-23(19)29-3)24(27)21-14-18(9-12-22(21)26)13-17-7-5-4-6-8-17/h4-12,14-15,26H,13,16H2,1-3H3. The molecule has 0 spiro atoms. The molecule has 150 valence electrons. The van der Waals surface area contributed by atoms with Crippen LogP contribution < -0.4 is 9.47 Å². The summed E-state index contributed by atoms with van der Waals surface area (Å²) in [5.41, 5.74) is 3.25. The van der Waals surface area contributed by atoms with E-state index in [-0.39, 0.29) is 17.2 Å². The van der Waals surface area contributed by atoms with Crippen molar-refractivity contribution in [2.45, 2.75) is 13.0 Å². The number of nitrogens with zero attached hydrogens (tertiary/aromatic N) is 1. The minimum Gasteiger partial charge on any atom is -0.507 e. The predicted octanol–water partition coefficient (Wildman–Crippen LogP) is 4.27. The number of benzene rings is 3. The van der Waals surface area contributed by atoms with Crippen molar-refractivity contribution >= 4 is 5.91 Å². The van der Waals surface area contributed by atoms with Crippen LogP contribution in [-0.2, 0) is 13.0 Å². The van der Waals surface area contributed by atoms with Crippen LogP contribution in [0.3, 0.4) is 0 Å². The maximum Gasteiger partial charge on any atom is 0.257 e. The van der Waals surface area contributed by atoms with Crippen LogP contribution in [-0.4, -0.2) is 37.2 Å². The summed E-state index contributed by atoms with van der Waals surface area (Å²) in [5.74, 6) is 1.05. The third kappa shape index (κ3) is 4.88. The average molecular weight is 391 g/mol. The quantitative estimate of drug-likeness (QED) is 0.653. The van der Waals surface area contributed by atoms with E-state index in [4.69, 9.17) is 9.47 Å². The number of carbonyl (C=O) groups excluding carboxylic acids is 1. The van der Waals surface area contributed by atoms with Crippen LogP contribution in [0, 0.1) is 0 Å². The molecule has 0 aliphatic heterocycles. The number of phenols is 1. The molecule has 3 rings (SSSR count). The van der Waals surface area contributed by atoms with E-state index in [1.54, 1.807) is 44.4 Å². The highest BCUT2D eigenvalue weighted by Gasteiger charge is 2.18. The van der Waals surface area contributed by atoms with Crippen molar-refractivity contribution in [1.82, 2.24) is 4.90 Å². The van der Waals surface area contributed by atoms with E-state index in [2.05, 4.69) is 0 Å². The Morgan fingerprint density at radius 3 is 2.38 bits per heavy atom. The van der Waals surface area contributed by atoms with Gasteiger partial charge in [-0.1, -0.05) is 36.4 Å². The zero-order valence-electron chi connectivity index (χ0n) is 16.9. The molecule has 0 fully saturated rings. The number of hydrogen-bond acceptors (Lipinski definition) is 4. The molecule has 0 saturated carbocycles. The van der Waals surface area contributed by atoms with Crippen molar-refractivity contribution < 1.29 is 19.4 Å². The van der Waals surface area contributed by atoms with E-state index in [1.165, 1.54) is 0 Å². The van der Waals surface area contributed by atoms with Gasteiger partial charge in [0.2, 0.25) is 0 Å². The van der Waals surface area contributed by atoms with Crippen LogP contribution in [0.1, 0.15) is 27.0 Å². The highest BCUT2D eigenvalue weighted by atomic mass is 16.5. The maximum atomic E-state index is 13.0. The highest BCUT2D eigenvalue weighted by molar-refractivity contribution is 5.96. The third-order valence-electron chi connectivity index (χ3n) is 4.79. The Morgan fingerprint density at radius 1 is 0.931 bits per heavy atom. The first-order chi connectivity index (χ1) is 14.0. The minimum atomic E-state index is -0.254. The summed E-state index contributed by atoms with van der Waals surface area (Å²) in [4.78, 5) is 14.6. The topological polar surface area (TPSA) is 59.0 Å². The largest absolute Gasteiger partial charge is 0.507 e. The SMILES string of the molecule is COc1ccc(CN(C)C(=O)c2cc(Cc3ccccc3)ccc2O)c(OC)c1. The molecule has 0 saturated heterocycles. The molecule has 0 bridgehead atoms. The minimum absolute atomic E-state index is 0.0274. The van der Waals surface area contributed by atoms with Crippen molar-refractivity contribution in [3.8, 4) is 17.2 Å². The van der Waals surface area contributed by atoms with E-state index < -0.39 is 0 Å². The second-order valence-electron chi connectivity index (χ2n) is 6.85. The summed E-state index contributed by atoms with van der Waals surface area (Å²) >= 11 is 0. The molecule has 0 aromatic heterocycles. The van der Waals surface area contributed by atoms with E-state index in [1.807, 2.05) is 48.5 Å². The molecule has 1 N–H and O–H groups in total. The van der Waals surface area contributed by atoms with Gasteiger partial charge in [-0.05, 0) is 41.8 Å². The van der Waals surface area contributed by atoms with Crippen LogP contribution in [0.25, 0.3) is 0 Å². The summed E-state index contributed by atoms with van der Waals surface area (Å²) in [7, 11) is 4.88. The molecule has 0 radical (unpaired) electrons. The molecule has 3 aromatic carbocycles. The number of phenolic OH excluding ortho intramolecular Hbond substituents is 1. The summed E-state index contributed by atoms with van der Waals surface area (Å²) in [6.45, 7) is 0.342. The van der Waals surface area contributed by atoms with Gasteiger partial charge in [0.05, 0.1) is 19.8 Å². The van der Waals surface area contributed by atoms with Gasteiger partial charge < -0.3 is 19.5 Å². The molecule has 29 heavy (non-hydrogen) atoms. The first-order valence-corrected chi connectivity index (χ1v) is 9.34. The van der Waals surface area contributed by atoms with Crippen molar-refractivity contribution in [1.29, 1.82) is 0 Å². The van der Waals surface area contributed by atoms with Crippen molar-refractivity contribution in [2.75, 3.05) is 21.3 Å². The first kappa shape index (κ1) is 20.3. The predicted molar refractivity (Wildman–Crippen MR) is 113 cm³/mol. The monoisotopic (exact) mass is 391 g/mol. The Balaban J connectivity index is 1.79. The van der Waals surface area contributed by atoms with Crippen molar-refractivity contribution in [3.63, 3.8) is 0 Å². The smallest absolute Gasteiger partial charge is 0.257 e. The molecule has 0 aliphatic carbocycles. The van der Waals surface area contributed by atoms with Gasteiger partial charge in [0.1, 0.15) is 17.2 Å². The molecule has 1 amide bonds. The number of rotatable bonds is 7. The first-order valence-electron chi connectivity index (χ1n) is 9.34. The van der Waals surface area contributed by atoms with Gasteiger partial charge in [-0.3, -0.25) is 4.79 Å². The summed E-state index contributed by atoms with van der Waals surface area (Å²) in [6, 6.07) is 20.7. The fraction of sp³-hybridized carbons (Fsp3) is 0.208. The molecule has 0 aliphatic rings. The molecule has 0 atom stereocenters. The summed E-state index contributed by atoms with van der Waals surface area (Å²) in [6.07, 6.45) is 0.692. The lowest BCUT2D eigenvalue weighted by molar-refractivity contribution is 0.0781. The lowest BCUT2D eigenvalue weighted by Crippen LogP contribution is -2.26. The number of carbonyl (C=O) groups is 1. The fourth-order valence-corrected chi connectivity index (χ4v) is 3.21. The second-order valence-corrected chi connectivity index (χ2v) is 6.85. The lowest BCUT2D eigenvalue weighted by atomic mass is 10.0. The van der Waals surface area contributed by atoms with Crippen LogP contribution in [0.4, 0.5) is 0 Å². The Kier molecular flexibility index (Phi) is 6.39. The van der Waals surface area contributed by atoms with E-state index >= 15 is 0 Å². The Bertz CT molecular complexity index is 985. The van der Waals surface area contributed by atoms with Crippen molar-refractivity contribution in [3.05, 3.63) is 89.0 Å². The summed E-state index contributed by atoms with van der Waals surface area (Å²) < 4.78 is 10.6. The number of ether oxygens (including phenoxy) is 2. The highest BCUT2D eigenvalue weighted by Crippen LogP contribution is 2.27. The summed E-state index contributed by atoms with van der Waals surface area (Å²) in [5, 5.41) is 10.3. The zero-order chi connectivity index (χ0) is 20.8. The van der Waals surface area contributed by atoms with Crippen molar-refractivity contribution in [2.24, 2.45) is 0 Å². The lowest BCUT2D eigenvalue weighted by Gasteiger charge is -2.20. The number of amides is 1. The molecule has 0 heterocycles. The molecule has 5 heteroatoms. The molecular weight excluding hydrogens is 366 g/mol. The molecule has 0 unspecified atom stereocenters. The van der Waals surface area contributed by atoms with E-state index in [9.17, 15) is 9.90 Å². The fourth-order valence-electron chi connectivity index (χ4n) is 3.21. The Morgan fingerprint density at radius 2 is 1.69 bits per heavy atom. The van der Waals surface area contributed by atoms with Gasteiger partial charge in [-0.25, -0.2) is 0 Å². The van der Waals surface area contributed by atoms with Gasteiger partial charge in [-0.2, -0.15) is 0 Å². The van der Waals surface area contributed by atoms with Crippen LogP contribution in [0.2, 0.25) is 0 Å². The van der Waals surface area contributed by atoms with Crippen LogP contribution >= 0.6 is 0 Å². The van der Waals surface area contributed by atoms with Gasteiger partial charge in [0, 0.05) is 25.2 Å². The van der Waals surface area contributed by atoms with E-state index in [0.29, 0.717) is 24.5 Å². The Hall–Kier alpha value is -3.47. The normalized spacial score (nSPS) is 10.4. The average Bonchev–Trinajstić information content (AvgIpc) is 2.75. The van der Waals surface area contributed by atoms with E-state index in [0.717, 1.165) is 16.7 Å². The molecule has 5 nitrogen and oxygen atoms in total. The number of hydrogen-bond donors (Lipinski definition) is 1. The maximum absolute atomic E-state index is 13.0. The van der Waals surface area contributed by atoms with Crippen LogP contribution in [0.5, 0.6) is 17.2 Å². The van der Waals surface area contributed by atoms with Gasteiger partial charge >= 0.3 is 0 Å². The third-order valence-corrected chi connectivity index (χ3v) is 4.79. The zero-order valence-corrected chi connectivity index (χ0v) is 16.9. The van der Waals surface area contributed by atoms with Crippen LogP contribution in [0.15, 0.2) is 66.7 Å². The number of aromatic hydroxyl groups is 1. The van der Waals surface area contributed by atoms with Gasteiger partial charge in [0.15, 0.2) is 0 Å². The molecule has 3 aromatic rings. The molecular formula is C24H25NO4.